The SMILES string of the molecule is Cc1c(O)cc(O)c2ccc(-c3ccccc3)[o+]c12. The van der Waals surface area contributed by atoms with Gasteiger partial charge in [-0.05, 0) is 25.1 Å². The largest absolute Gasteiger partial charge is 0.507 e. The van der Waals surface area contributed by atoms with Gasteiger partial charge in [0.05, 0.1) is 11.1 Å². The zero-order chi connectivity index (χ0) is 13.4. The fraction of sp³-hybridized carbons (Fsp3) is 0.0625. The second-order valence-corrected chi connectivity index (χ2v) is 4.45. The lowest BCUT2D eigenvalue weighted by Crippen LogP contribution is -1.84. The van der Waals surface area contributed by atoms with Gasteiger partial charge in [-0.25, -0.2) is 4.42 Å². The maximum Gasteiger partial charge on any atom is 0.371 e. The summed E-state index contributed by atoms with van der Waals surface area (Å²) in [7, 11) is 0. The van der Waals surface area contributed by atoms with Crippen LogP contribution in [0.3, 0.4) is 0 Å². The third-order valence-electron chi connectivity index (χ3n) is 3.19. The van der Waals surface area contributed by atoms with Crippen molar-refractivity contribution in [3.05, 3.63) is 54.1 Å². The molecule has 0 atom stereocenters. The number of rotatable bonds is 1. The molecule has 1 heterocycles. The molecule has 0 saturated heterocycles. The summed E-state index contributed by atoms with van der Waals surface area (Å²) in [6.45, 7) is 1.76. The summed E-state index contributed by atoms with van der Waals surface area (Å²) < 4.78 is 5.82. The molecule has 0 spiro atoms. The standard InChI is InChI=1S/C16H12O3/c1-10-13(17)9-14(18)12-7-8-15(19-16(10)12)11-5-3-2-4-6-11/h2-9H,1H3,(H-,17,18)/p+1. The Morgan fingerprint density at radius 3 is 2.37 bits per heavy atom. The lowest BCUT2D eigenvalue weighted by Gasteiger charge is -2.00. The van der Waals surface area contributed by atoms with Gasteiger partial charge in [0, 0.05) is 12.1 Å². The fourth-order valence-corrected chi connectivity index (χ4v) is 2.10. The van der Waals surface area contributed by atoms with Gasteiger partial charge in [0.15, 0.2) is 0 Å². The first-order valence-electron chi connectivity index (χ1n) is 6.00. The van der Waals surface area contributed by atoms with E-state index in [1.165, 1.54) is 6.07 Å². The van der Waals surface area contributed by atoms with Crippen LogP contribution in [0.15, 0.2) is 52.9 Å². The van der Waals surface area contributed by atoms with E-state index in [9.17, 15) is 10.2 Å². The molecule has 2 N–H and O–H groups in total. The lowest BCUT2D eigenvalue weighted by molar-refractivity contribution is 0.449. The van der Waals surface area contributed by atoms with Crippen molar-refractivity contribution in [1.29, 1.82) is 0 Å². The molecule has 0 fully saturated rings. The average Bonchev–Trinajstić information content (AvgIpc) is 2.45. The molecule has 3 nitrogen and oxygen atoms in total. The molecule has 0 bridgehead atoms. The van der Waals surface area contributed by atoms with Crippen molar-refractivity contribution in [3.8, 4) is 22.8 Å². The van der Waals surface area contributed by atoms with Gasteiger partial charge in [-0.1, -0.05) is 18.2 Å². The average molecular weight is 253 g/mol. The Morgan fingerprint density at radius 2 is 1.63 bits per heavy atom. The van der Waals surface area contributed by atoms with Crippen molar-refractivity contribution in [2.45, 2.75) is 6.92 Å². The van der Waals surface area contributed by atoms with Crippen LogP contribution in [-0.4, -0.2) is 10.2 Å². The van der Waals surface area contributed by atoms with Crippen LogP contribution in [0.4, 0.5) is 0 Å². The molecule has 2 aromatic carbocycles. The van der Waals surface area contributed by atoms with E-state index in [1.54, 1.807) is 13.0 Å². The van der Waals surface area contributed by atoms with Crippen molar-refractivity contribution in [1.82, 2.24) is 0 Å². The number of benzene rings is 2. The van der Waals surface area contributed by atoms with Crippen LogP contribution in [0.25, 0.3) is 22.3 Å². The molecule has 0 saturated carbocycles. The van der Waals surface area contributed by atoms with Crippen molar-refractivity contribution in [2.75, 3.05) is 0 Å². The van der Waals surface area contributed by atoms with E-state index in [-0.39, 0.29) is 11.5 Å². The smallest absolute Gasteiger partial charge is 0.371 e. The van der Waals surface area contributed by atoms with Crippen LogP contribution >= 0.6 is 0 Å². The normalized spacial score (nSPS) is 10.8. The first-order valence-corrected chi connectivity index (χ1v) is 6.00. The number of aryl methyl sites for hydroxylation is 1. The minimum Gasteiger partial charge on any atom is -0.507 e. The van der Waals surface area contributed by atoms with Gasteiger partial charge in [-0.15, -0.1) is 0 Å². The first kappa shape index (κ1) is 11.5. The van der Waals surface area contributed by atoms with Gasteiger partial charge in [-0.3, -0.25) is 0 Å². The lowest BCUT2D eigenvalue weighted by atomic mass is 10.1. The van der Waals surface area contributed by atoms with E-state index >= 15 is 0 Å². The maximum absolute atomic E-state index is 9.82. The second kappa shape index (κ2) is 4.28. The van der Waals surface area contributed by atoms with E-state index < -0.39 is 0 Å². The summed E-state index contributed by atoms with van der Waals surface area (Å²) in [6.07, 6.45) is 0. The molecule has 0 aliphatic heterocycles. The monoisotopic (exact) mass is 253 g/mol. The molecule has 0 aliphatic carbocycles. The zero-order valence-electron chi connectivity index (χ0n) is 10.4. The Bertz CT molecular complexity index is 749. The molecule has 0 aliphatic rings. The van der Waals surface area contributed by atoms with E-state index in [0.29, 0.717) is 22.3 Å². The molecule has 0 radical (unpaired) electrons. The Labute approximate surface area is 110 Å². The number of phenols is 2. The predicted molar refractivity (Wildman–Crippen MR) is 74.1 cm³/mol. The number of aromatic hydroxyl groups is 2. The molecule has 1 aromatic heterocycles. The van der Waals surface area contributed by atoms with Gasteiger partial charge >= 0.3 is 11.3 Å². The number of hydrogen-bond acceptors (Lipinski definition) is 2. The van der Waals surface area contributed by atoms with Crippen LogP contribution < -0.4 is 0 Å². The van der Waals surface area contributed by atoms with Gasteiger partial charge in [0.1, 0.15) is 16.9 Å². The van der Waals surface area contributed by atoms with Crippen LogP contribution in [-0.2, 0) is 0 Å². The van der Waals surface area contributed by atoms with Crippen LogP contribution in [0.5, 0.6) is 11.5 Å². The molecule has 3 heteroatoms. The van der Waals surface area contributed by atoms with Crippen LogP contribution in [0.2, 0.25) is 0 Å². The van der Waals surface area contributed by atoms with Crippen molar-refractivity contribution in [2.24, 2.45) is 0 Å². The zero-order valence-corrected chi connectivity index (χ0v) is 10.4. The Kier molecular flexibility index (Phi) is 2.60. The molecule has 19 heavy (non-hydrogen) atoms. The summed E-state index contributed by atoms with van der Waals surface area (Å²) in [5.41, 5.74) is 2.07. The molecule has 3 rings (SSSR count). The first-order chi connectivity index (χ1) is 9.16. The van der Waals surface area contributed by atoms with Crippen molar-refractivity contribution in [3.63, 3.8) is 0 Å². The maximum atomic E-state index is 9.82. The molecule has 94 valence electrons. The van der Waals surface area contributed by atoms with E-state index in [0.717, 1.165) is 5.56 Å². The van der Waals surface area contributed by atoms with Crippen molar-refractivity contribution >= 4 is 11.0 Å². The highest BCUT2D eigenvalue weighted by Crippen LogP contribution is 2.36. The Balaban J connectivity index is 2.29. The van der Waals surface area contributed by atoms with Gasteiger partial charge in [0.2, 0.25) is 0 Å². The summed E-state index contributed by atoms with van der Waals surface area (Å²) in [6, 6.07) is 14.6. The highest BCUT2D eigenvalue weighted by Gasteiger charge is 2.21. The third-order valence-corrected chi connectivity index (χ3v) is 3.19. The highest BCUT2D eigenvalue weighted by atomic mass is 16.3. The second-order valence-electron chi connectivity index (χ2n) is 4.45. The van der Waals surface area contributed by atoms with E-state index in [1.807, 2.05) is 36.4 Å². The summed E-state index contributed by atoms with van der Waals surface area (Å²) >= 11 is 0. The number of phenolic OH excluding ortho intramolecular Hbond substituents is 2. The summed E-state index contributed by atoms with van der Waals surface area (Å²) in [4.78, 5) is 0. The highest BCUT2D eigenvalue weighted by molar-refractivity contribution is 5.89. The number of hydrogen-bond donors (Lipinski definition) is 2. The van der Waals surface area contributed by atoms with E-state index in [4.69, 9.17) is 4.42 Å². The fourth-order valence-electron chi connectivity index (χ4n) is 2.10. The Morgan fingerprint density at radius 1 is 0.895 bits per heavy atom. The van der Waals surface area contributed by atoms with Crippen LogP contribution in [0, 0.1) is 6.92 Å². The predicted octanol–water partition coefficient (Wildman–Crippen LogP) is 4.10. The molecule has 0 amide bonds. The van der Waals surface area contributed by atoms with Crippen LogP contribution in [0.1, 0.15) is 5.56 Å². The summed E-state index contributed by atoms with van der Waals surface area (Å²) in [5, 5.41) is 20.2. The quantitative estimate of drug-likeness (QED) is 0.642. The molecule has 0 unspecified atom stereocenters. The van der Waals surface area contributed by atoms with Gasteiger partial charge in [0.25, 0.3) is 0 Å². The number of fused-ring (bicyclic) bond motifs is 1. The van der Waals surface area contributed by atoms with Gasteiger partial charge < -0.3 is 10.2 Å². The molecular weight excluding hydrogens is 240 g/mol. The Hall–Kier alpha value is -2.55. The molecular formula is C16H13O3+. The van der Waals surface area contributed by atoms with E-state index in [2.05, 4.69) is 0 Å². The van der Waals surface area contributed by atoms with Gasteiger partial charge in [-0.2, -0.15) is 0 Å². The topological polar surface area (TPSA) is 51.8 Å². The third kappa shape index (κ3) is 1.89. The van der Waals surface area contributed by atoms with Crippen molar-refractivity contribution < 1.29 is 14.6 Å². The summed E-state index contributed by atoms with van der Waals surface area (Å²) in [5.74, 6) is 0.738. The minimum atomic E-state index is 0.0152. The molecule has 3 aromatic rings. The minimum absolute atomic E-state index is 0.0152.